The fourth-order valence-electron chi connectivity index (χ4n) is 3.24. The number of hydrogen-bond acceptors (Lipinski definition) is 5. The van der Waals surface area contributed by atoms with Crippen molar-refractivity contribution in [3.63, 3.8) is 0 Å². The second-order valence-corrected chi connectivity index (χ2v) is 8.69. The van der Waals surface area contributed by atoms with Gasteiger partial charge in [0.25, 0.3) is 0 Å². The lowest BCUT2D eigenvalue weighted by atomic mass is 10.3. The zero-order valence-electron chi connectivity index (χ0n) is 17.1. The fraction of sp³-hybridized carbons (Fsp3) is 0.421. The SMILES string of the molecule is CCN(CC)S(=O)(=O)c1ccc2c(c1)nc(CCC(=O)Nc1ccn(C)n1)n2C. The number of imidazole rings is 1. The van der Waals surface area contributed by atoms with Crippen LogP contribution in [0, 0.1) is 0 Å². The van der Waals surface area contributed by atoms with E-state index in [-0.39, 0.29) is 17.2 Å². The van der Waals surface area contributed by atoms with Gasteiger partial charge in [-0.2, -0.15) is 9.40 Å². The number of sulfonamides is 1. The third-order valence-corrected chi connectivity index (χ3v) is 6.89. The van der Waals surface area contributed by atoms with Crippen LogP contribution in [0.2, 0.25) is 0 Å². The predicted molar refractivity (Wildman–Crippen MR) is 111 cm³/mol. The number of aryl methyl sites for hydroxylation is 3. The van der Waals surface area contributed by atoms with Gasteiger partial charge in [0, 0.05) is 52.3 Å². The molecule has 9 nitrogen and oxygen atoms in total. The van der Waals surface area contributed by atoms with E-state index in [1.807, 2.05) is 25.5 Å². The molecule has 2 heterocycles. The summed E-state index contributed by atoms with van der Waals surface area (Å²) >= 11 is 0. The molecule has 0 saturated heterocycles. The van der Waals surface area contributed by atoms with Crippen molar-refractivity contribution in [3.8, 4) is 0 Å². The summed E-state index contributed by atoms with van der Waals surface area (Å²) in [4.78, 5) is 17.0. The Kier molecular flexibility index (Phi) is 6.04. The quantitative estimate of drug-likeness (QED) is 0.602. The van der Waals surface area contributed by atoms with Crippen molar-refractivity contribution >= 4 is 32.8 Å². The number of anilines is 1. The van der Waals surface area contributed by atoms with Crippen molar-refractivity contribution in [2.24, 2.45) is 14.1 Å². The van der Waals surface area contributed by atoms with Gasteiger partial charge in [-0.15, -0.1) is 0 Å². The van der Waals surface area contributed by atoms with Gasteiger partial charge in [-0.05, 0) is 18.2 Å². The Balaban J connectivity index is 1.78. The molecule has 1 aromatic carbocycles. The summed E-state index contributed by atoms with van der Waals surface area (Å²) in [6, 6.07) is 6.69. The average molecular weight is 419 g/mol. The zero-order chi connectivity index (χ0) is 21.2. The molecule has 0 unspecified atom stereocenters. The summed E-state index contributed by atoms with van der Waals surface area (Å²) in [6.07, 6.45) is 2.44. The maximum Gasteiger partial charge on any atom is 0.243 e. The first-order valence-electron chi connectivity index (χ1n) is 9.51. The Hall–Kier alpha value is -2.72. The third kappa shape index (κ3) is 4.33. The molecule has 3 aromatic rings. The summed E-state index contributed by atoms with van der Waals surface area (Å²) in [7, 11) is 0.0990. The first kappa shape index (κ1) is 21.0. The van der Waals surface area contributed by atoms with Gasteiger partial charge in [-0.1, -0.05) is 13.8 Å². The molecule has 0 bridgehead atoms. The number of rotatable bonds is 8. The van der Waals surface area contributed by atoms with Crippen molar-refractivity contribution in [1.82, 2.24) is 23.6 Å². The lowest BCUT2D eigenvalue weighted by Crippen LogP contribution is -2.30. The molecule has 1 N–H and O–H groups in total. The van der Waals surface area contributed by atoms with Gasteiger partial charge in [0.2, 0.25) is 15.9 Å². The van der Waals surface area contributed by atoms with Crippen molar-refractivity contribution in [1.29, 1.82) is 0 Å². The number of carbonyl (C=O) groups is 1. The van der Waals surface area contributed by atoms with E-state index in [1.165, 1.54) is 4.31 Å². The van der Waals surface area contributed by atoms with Crippen molar-refractivity contribution < 1.29 is 13.2 Å². The Morgan fingerprint density at radius 1 is 1.17 bits per heavy atom. The molecule has 2 aromatic heterocycles. The normalized spacial score (nSPS) is 12.0. The maximum absolute atomic E-state index is 12.8. The highest BCUT2D eigenvalue weighted by Gasteiger charge is 2.22. The minimum absolute atomic E-state index is 0.152. The fourth-order valence-corrected chi connectivity index (χ4v) is 4.72. The lowest BCUT2D eigenvalue weighted by molar-refractivity contribution is -0.116. The molecule has 0 saturated carbocycles. The van der Waals surface area contributed by atoms with Crippen LogP contribution in [0.15, 0.2) is 35.4 Å². The topological polar surface area (TPSA) is 102 Å². The maximum atomic E-state index is 12.8. The second-order valence-electron chi connectivity index (χ2n) is 6.75. The van der Waals surface area contributed by atoms with Crippen LogP contribution in [-0.2, 0) is 35.3 Å². The summed E-state index contributed by atoms with van der Waals surface area (Å²) in [5, 5.41) is 6.87. The lowest BCUT2D eigenvalue weighted by Gasteiger charge is -2.18. The van der Waals surface area contributed by atoms with Crippen molar-refractivity contribution in [2.45, 2.75) is 31.6 Å². The number of fused-ring (bicyclic) bond motifs is 1. The number of amides is 1. The van der Waals surface area contributed by atoms with E-state index in [1.54, 1.807) is 42.2 Å². The van der Waals surface area contributed by atoms with Crippen molar-refractivity contribution in [2.75, 3.05) is 18.4 Å². The predicted octanol–water partition coefficient (Wildman–Crippen LogP) is 1.91. The number of carbonyl (C=O) groups excluding carboxylic acids is 1. The van der Waals surface area contributed by atoms with E-state index in [2.05, 4.69) is 15.4 Å². The van der Waals surface area contributed by atoms with E-state index < -0.39 is 10.0 Å². The molecule has 1 amide bonds. The Labute approximate surface area is 170 Å². The van der Waals surface area contributed by atoms with Gasteiger partial charge in [-0.3, -0.25) is 9.48 Å². The van der Waals surface area contributed by atoms with Gasteiger partial charge in [-0.25, -0.2) is 13.4 Å². The van der Waals surface area contributed by atoms with Gasteiger partial charge < -0.3 is 9.88 Å². The molecule has 0 fully saturated rings. The van der Waals surface area contributed by atoms with Gasteiger partial charge in [0.15, 0.2) is 5.82 Å². The Bertz CT molecular complexity index is 1130. The number of aromatic nitrogens is 4. The first-order chi connectivity index (χ1) is 13.8. The van der Waals surface area contributed by atoms with Crippen LogP contribution in [0.3, 0.4) is 0 Å². The smallest absolute Gasteiger partial charge is 0.243 e. The molecule has 10 heteroatoms. The second kappa shape index (κ2) is 8.34. The van der Waals surface area contributed by atoms with Crippen LogP contribution in [0.25, 0.3) is 11.0 Å². The van der Waals surface area contributed by atoms with E-state index >= 15 is 0 Å². The number of hydrogen-bond donors (Lipinski definition) is 1. The monoisotopic (exact) mass is 418 g/mol. The molecule has 0 atom stereocenters. The van der Waals surface area contributed by atoms with Crippen LogP contribution < -0.4 is 5.32 Å². The molecule has 29 heavy (non-hydrogen) atoms. The largest absolute Gasteiger partial charge is 0.331 e. The highest BCUT2D eigenvalue weighted by Crippen LogP contribution is 2.22. The van der Waals surface area contributed by atoms with Crippen LogP contribution in [0.5, 0.6) is 0 Å². The minimum Gasteiger partial charge on any atom is -0.331 e. The number of nitrogens with one attached hydrogen (secondary N) is 1. The third-order valence-electron chi connectivity index (χ3n) is 4.84. The van der Waals surface area contributed by atoms with Crippen LogP contribution in [0.4, 0.5) is 5.82 Å². The summed E-state index contributed by atoms with van der Waals surface area (Å²) in [5.74, 6) is 1.07. The molecular weight excluding hydrogens is 392 g/mol. The van der Waals surface area contributed by atoms with E-state index in [4.69, 9.17) is 0 Å². The molecule has 0 aliphatic carbocycles. The van der Waals surface area contributed by atoms with Crippen LogP contribution in [0.1, 0.15) is 26.1 Å². The standard InChI is InChI=1S/C19H26N6O3S/c1-5-25(6-2)29(27,28)14-7-8-16-15(13-14)20-18(24(16)4)9-10-19(26)21-17-11-12-23(3)22-17/h7-8,11-13H,5-6,9-10H2,1-4H3,(H,21,22,26). The molecule has 0 aliphatic rings. The first-order valence-corrected chi connectivity index (χ1v) is 10.9. The molecular formula is C19H26N6O3S. The molecule has 0 radical (unpaired) electrons. The molecule has 0 spiro atoms. The molecule has 0 aliphatic heterocycles. The van der Waals surface area contributed by atoms with E-state index in [0.717, 1.165) is 5.52 Å². The Morgan fingerprint density at radius 2 is 1.90 bits per heavy atom. The highest BCUT2D eigenvalue weighted by atomic mass is 32.2. The average Bonchev–Trinajstić information content (AvgIpc) is 3.23. The number of nitrogens with zero attached hydrogens (tertiary/aromatic N) is 5. The van der Waals surface area contributed by atoms with Crippen LogP contribution in [-0.4, -0.2) is 51.1 Å². The Morgan fingerprint density at radius 3 is 2.52 bits per heavy atom. The summed E-state index contributed by atoms with van der Waals surface area (Å²) in [5.41, 5.74) is 1.42. The minimum atomic E-state index is -3.54. The zero-order valence-corrected chi connectivity index (χ0v) is 17.9. The van der Waals surface area contributed by atoms with Gasteiger partial charge in [0.05, 0.1) is 15.9 Å². The van der Waals surface area contributed by atoms with Crippen LogP contribution >= 0.6 is 0 Å². The highest BCUT2D eigenvalue weighted by molar-refractivity contribution is 7.89. The van der Waals surface area contributed by atoms with E-state index in [0.29, 0.717) is 36.7 Å². The molecule has 156 valence electrons. The summed E-state index contributed by atoms with van der Waals surface area (Å²) in [6.45, 7) is 4.45. The van der Waals surface area contributed by atoms with Gasteiger partial charge in [0.1, 0.15) is 5.82 Å². The van der Waals surface area contributed by atoms with Gasteiger partial charge >= 0.3 is 0 Å². The van der Waals surface area contributed by atoms with E-state index in [9.17, 15) is 13.2 Å². The summed E-state index contributed by atoms with van der Waals surface area (Å²) < 4.78 is 30.4. The molecule has 3 rings (SSSR count). The van der Waals surface area contributed by atoms with Crippen molar-refractivity contribution in [3.05, 3.63) is 36.3 Å². The number of benzene rings is 1.